The number of hydrogen-bond donors (Lipinski definition) is 1. The van der Waals surface area contributed by atoms with E-state index in [0.29, 0.717) is 30.8 Å². The van der Waals surface area contributed by atoms with Crippen LogP contribution in [0.25, 0.3) is 0 Å². The Morgan fingerprint density at radius 3 is 2.17 bits per heavy atom. The summed E-state index contributed by atoms with van der Waals surface area (Å²) in [5.41, 5.74) is -0.0611. The Hall–Kier alpha value is -2.13. The summed E-state index contributed by atoms with van der Waals surface area (Å²) in [7, 11) is -2.42. The van der Waals surface area contributed by atoms with Crippen molar-refractivity contribution in [3.05, 3.63) is 23.8 Å². The van der Waals surface area contributed by atoms with E-state index in [1.54, 1.807) is 0 Å². The molecule has 9 heteroatoms. The van der Waals surface area contributed by atoms with Gasteiger partial charge in [-0.3, -0.25) is 4.79 Å². The zero-order chi connectivity index (χ0) is 24.6. The van der Waals surface area contributed by atoms with Crippen LogP contribution in [-0.2, 0) is 19.6 Å². The lowest BCUT2D eigenvalue weighted by Crippen LogP contribution is -2.60. The zero-order valence-electron chi connectivity index (χ0n) is 20.5. The number of carbonyl (C=O) groups is 2. The van der Waals surface area contributed by atoms with Gasteiger partial charge in [0.1, 0.15) is 10.6 Å². The first-order valence-electron chi connectivity index (χ1n) is 12.9. The van der Waals surface area contributed by atoms with Crippen LogP contribution in [0.2, 0.25) is 0 Å². The predicted octanol–water partition coefficient (Wildman–Crippen LogP) is 3.50. The van der Waals surface area contributed by atoms with E-state index in [1.807, 2.05) is 0 Å². The highest BCUT2D eigenvalue weighted by Crippen LogP contribution is 2.55. The van der Waals surface area contributed by atoms with Crippen LogP contribution in [-0.4, -0.2) is 56.9 Å². The van der Waals surface area contributed by atoms with E-state index in [4.69, 9.17) is 9.47 Å². The summed E-state index contributed by atoms with van der Waals surface area (Å²) in [6.07, 6.45) is 10.5. The smallest absolute Gasteiger partial charge is 0.338 e. The zero-order valence-corrected chi connectivity index (χ0v) is 21.3. The van der Waals surface area contributed by atoms with Crippen molar-refractivity contribution in [1.82, 2.24) is 9.62 Å². The number of hydrogen-bond acceptors (Lipinski definition) is 6. The largest absolute Gasteiger partial charge is 0.495 e. The molecule has 5 aliphatic rings. The fraction of sp³-hybridized carbons (Fsp3) is 0.692. The molecule has 4 aliphatic carbocycles. The molecule has 35 heavy (non-hydrogen) atoms. The molecule has 1 amide bonds. The minimum Gasteiger partial charge on any atom is -0.495 e. The van der Waals surface area contributed by atoms with Crippen LogP contribution >= 0.6 is 0 Å². The van der Waals surface area contributed by atoms with Gasteiger partial charge in [-0.25, -0.2) is 13.2 Å². The summed E-state index contributed by atoms with van der Waals surface area (Å²) in [6, 6.07) is 4.24. The second-order valence-electron chi connectivity index (χ2n) is 11.0. The first-order valence-corrected chi connectivity index (χ1v) is 14.4. The topological polar surface area (TPSA) is 102 Å². The molecule has 1 N–H and O–H groups in total. The van der Waals surface area contributed by atoms with Gasteiger partial charge in [0.25, 0.3) is 5.91 Å². The van der Waals surface area contributed by atoms with E-state index in [2.05, 4.69) is 5.32 Å². The summed E-state index contributed by atoms with van der Waals surface area (Å²) in [5, 5.41) is 3.20. The van der Waals surface area contributed by atoms with Gasteiger partial charge in [0, 0.05) is 18.6 Å². The Balaban J connectivity index is 1.24. The molecule has 8 nitrogen and oxygen atoms in total. The Labute approximate surface area is 207 Å². The molecule has 0 atom stereocenters. The number of amides is 1. The third-order valence-electron chi connectivity index (χ3n) is 8.36. The lowest BCUT2D eigenvalue weighted by atomic mass is 9.53. The highest BCUT2D eigenvalue weighted by atomic mass is 32.2. The molecule has 4 saturated carbocycles. The average Bonchev–Trinajstić information content (AvgIpc) is 3.11. The third-order valence-corrected chi connectivity index (χ3v) is 10.3. The van der Waals surface area contributed by atoms with Gasteiger partial charge in [-0.15, -0.1) is 0 Å². The Morgan fingerprint density at radius 1 is 1.00 bits per heavy atom. The van der Waals surface area contributed by atoms with E-state index >= 15 is 0 Å². The number of nitrogens with zero attached hydrogens (tertiary/aromatic N) is 1. The maximum Gasteiger partial charge on any atom is 0.338 e. The standard InChI is InChI=1S/C26H36N2O6S/c1-33-22-7-6-21(13-23(22)35(31,32)28-8-4-2-3-5-9-28)25(30)34-17-24(29)27-26-14-18-10-19(15-26)12-20(11-18)16-26/h6-7,13,18-20H,2-5,8-12,14-17H2,1H3,(H,27,29). The van der Waals surface area contributed by atoms with Gasteiger partial charge >= 0.3 is 5.97 Å². The highest BCUT2D eigenvalue weighted by molar-refractivity contribution is 7.89. The molecule has 1 heterocycles. The van der Waals surface area contributed by atoms with Gasteiger partial charge < -0.3 is 14.8 Å². The quantitative estimate of drug-likeness (QED) is 0.570. The third kappa shape index (κ3) is 5.07. The van der Waals surface area contributed by atoms with Crippen LogP contribution in [0.3, 0.4) is 0 Å². The number of ether oxygens (including phenoxy) is 2. The number of rotatable bonds is 7. The molecule has 5 fully saturated rings. The van der Waals surface area contributed by atoms with Crippen LogP contribution in [0.4, 0.5) is 0 Å². The lowest BCUT2D eigenvalue weighted by Gasteiger charge is -2.56. The van der Waals surface area contributed by atoms with Gasteiger partial charge in [0.05, 0.1) is 12.7 Å². The SMILES string of the molecule is COc1ccc(C(=O)OCC(=O)NC23CC4CC(CC(C4)C2)C3)cc1S(=O)(=O)N1CCCCCC1. The molecule has 6 rings (SSSR count). The molecule has 1 aromatic carbocycles. The van der Waals surface area contributed by atoms with Crippen LogP contribution < -0.4 is 10.1 Å². The summed E-state index contributed by atoms with van der Waals surface area (Å²) in [5.74, 6) is 1.28. The monoisotopic (exact) mass is 504 g/mol. The summed E-state index contributed by atoms with van der Waals surface area (Å²) < 4.78 is 38.8. The Kier molecular flexibility index (Phi) is 6.83. The molecular formula is C26H36N2O6S. The fourth-order valence-corrected chi connectivity index (χ4v) is 8.93. The Morgan fingerprint density at radius 2 is 1.60 bits per heavy atom. The van der Waals surface area contributed by atoms with Crippen molar-refractivity contribution >= 4 is 21.9 Å². The van der Waals surface area contributed by atoms with Crippen LogP contribution in [0, 0.1) is 17.8 Å². The van der Waals surface area contributed by atoms with Gasteiger partial charge in [0.2, 0.25) is 10.0 Å². The van der Waals surface area contributed by atoms with E-state index in [1.165, 1.54) is 48.9 Å². The van der Waals surface area contributed by atoms with Crippen molar-refractivity contribution in [3.8, 4) is 5.75 Å². The maximum atomic E-state index is 13.3. The first kappa shape index (κ1) is 24.6. The number of esters is 1. The predicted molar refractivity (Wildman–Crippen MR) is 130 cm³/mol. The first-order chi connectivity index (χ1) is 16.8. The van der Waals surface area contributed by atoms with Crippen LogP contribution in [0.5, 0.6) is 5.75 Å². The second kappa shape index (κ2) is 9.73. The van der Waals surface area contributed by atoms with Gasteiger partial charge in [-0.05, 0) is 87.3 Å². The van der Waals surface area contributed by atoms with Crippen LogP contribution in [0.15, 0.2) is 23.1 Å². The van der Waals surface area contributed by atoms with Crippen LogP contribution in [0.1, 0.15) is 74.6 Å². The normalized spacial score (nSPS) is 30.5. The number of sulfonamides is 1. The molecule has 0 aromatic heterocycles. The number of benzene rings is 1. The van der Waals surface area contributed by atoms with Gasteiger partial charge in [-0.2, -0.15) is 4.31 Å². The number of nitrogens with one attached hydrogen (secondary N) is 1. The second-order valence-corrected chi connectivity index (χ2v) is 12.9. The minimum atomic E-state index is -3.82. The van der Waals surface area contributed by atoms with Crippen molar-refractivity contribution < 1.29 is 27.5 Å². The van der Waals surface area contributed by atoms with E-state index < -0.39 is 16.0 Å². The average molecular weight is 505 g/mol. The Bertz CT molecular complexity index is 1040. The molecule has 4 bridgehead atoms. The fourth-order valence-electron chi connectivity index (χ4n) is 7.24. The molecule has 0 spiro atoms. The molecular weight excluding hydrogens is 468 g/mol. The summed E-state index contributed by atoms with van der Waals surface area (Å²) >= 11 is 0. The molecule has 1 aromatic rings. The molecule has 1 saturated heterocycles. The highest BCUT2D eigenvalue weighted by Gasteiger charge is 2.51. The van der Waals surface area contributed by atoms with Crippen molar-refractivity contribution in [2.75, 3.05) is 26.8 Å². The van der Waals surface area contributed by atoms with E-state index in [9.17, 15) is 18.0 Å². The summed E-state index contributed by atoms with van der Waals surface area (Å²) in [6.45, 7) is 0.524. The molecule has 0 unspecified atom stereocenters. The summed E-state index contributed by atoms with van der Waals surface area (Å²) in [4.78, 5) is 25.4. The maximum absolute atomic E-state index is 13.3. The minimum absolute atomic E-state index is 0.0469. The number of methoxy groups -OCH3 is 1. The van der Waals surface area contributed by atoms with Crippen molar-refractivity contribution in [2.24, 2.45) is 17.8 Å². The molecule has 1 aliphatic heterocycles. The number of carbonyl (C=O) groups excluding carboxylic acids is 2. The lowest BCUT2D eigenvalue weighted by molar-refractivity contribution is -0.130. The van der Waals surface area contributed by atoms with E-state index in [-0.39, 0.29) is 34.3 Å². The molecule has 0 radical (unpaired) electrons. The van der Waals surface area contributed by atoms with Crippen molar-refractivity contribution in [1.29, 1.82) is 0 Å². The van der Waals surface area contributed by atoms with Gasteiger partial charge in [0.15, 0.2) is 6.61 Å². The van der Waals surface area contributed by atoms with Crippen molar-refractivity contribution in [2.45, 2.75) is 74.6 Å². The van der Waals surface area contributed by atoms with E-state index in [0.717, 1.165) is 44.9 Å². The molecule has 192 valence electrons. The van der Waals surface area contributed by atoms with Gasteiger partial charge in [-0.1, -0.05) is 12.8 Å². The van der Waals surface area contributed by atoms with Crippen molar-refractivity contribution in [3.63, 3.8) is 0 Å².